The first kappa shape index (κ1) is 24.4. The lowest BCUT2D eigenvalue weighted by atomic mass is 10.1. The molecule has 1 aromatic heterocycles. The van der Waals surface area contributed by atoms with Crippen molar-refractivity contribution in [3.8, 4) is 0 Å². The maximum absolute atomic E-state index is 12.7. The maximum atomic E-state index is 12.7. The number of hydrogen-bond donors (Lipinski definition) is 0. The van der Waals surface area contributed by atoms with Crippen LogP contribution in [0.4, 0.5) is 16.3 Å². The number of nitro benzene ring substituents is 1. The Hall–Kier alpha value is -3.76. The van der Waals surface area contributed by atoms with Crippen molar-refractivity contribution in [2.75, 3.05) is 31.1 Å². The number of ether oxygens (including phenoxy) is 2. The number of piperazine rings is 1. The number of fused-ring (bicyclic) bond motifs is 1. The van der Waals surface area contributed by atoms with Crippen LogP contribution in [-0.4, -0.2) is 63.6 Å². The second kappa shape index (κ2) is 9.47. The second-order valence-corrected chi connectivity index (χ2v) is 9.79. The van der Waals surface area contributed by atoms with Crippen LogP contribution in [0.2, 0.25) is 0 Å². The molecule has 2 atom stereocenters. The van der Waals surface area contributed by atoms with Crippen LogP contribution in [0.1, 0.15) is 67.8 Å². The van der Waals surface area contributed by atoms with Gasteiger partial charge in [0.15, 0.2) is 0 Å². The van der Waals surface area contributed by atoms with E-state index in [0.717, 1.165) is 11.4 Å². The molecule has 1 aliphatic carbocycles. The van der Waals surface area contributed by atoms with E-state index in [2.05, 4.69) is 14.9 Å². The van der Waals surface area contributed by atoms with E-state index in [1.807, 2.05) is 27.7 Å². The van der Waals surface area contributed by atoms with Crippen molar-refractivity contribution >= 4 is 23.6 Å². The number of carbonyl (C=O) groups is 2. The average molecular weight is 484 g/mol. The Labute approximate surface area is 203 Å². The molecular weight excluding hydrogens is 454 g/mol. The summed E-state index contributed by atoms with van der Waals surface area (Å²) in [6.07, 6.45) is 1.18. The molecular formula is C24H29N5O6. The third-order valence-corrected chi connectivity index (χ3v) is 6.05. The van der Waals surface area contributed by atoms with E-state index in [9.17, 15) is 19.7 Å². The zero-order valence-corrected chi connectivity index (χ0v) is 20.3. The first-order valence-corrected chi connectivity index (χ1v) is 11.6. The van der Waals surface area contributed by atoms with Crippen molar-refractivity contribution in [3.63, 3.8) is 0 Å². The Bertz CT molecular complexity index is 1120. The molecule has 0 saturated carbocycles. The van der Waals surface area contributed by atoms with Crippen LogP contribution in [0, 0.1) is 10.1 Å². The van der Waals surface area contributed by atoms with E-state index in [1.54, 1.807) is 4.90 Å². The van der Waals surface area contributed by atoms with Crippen LogP contribution in [0.25, 0.3) is 0 Å². The quantitative estimate of drug-likeness (QED) is 0.362. The lowest BCUT2D eigenvalue weighted by Gasteiger charge is -2.37. The van der Waals surface area contributed by atoms with Crippen LogP contribution < -0.4 is 4.90 Å². The van der Waals surface area contributed by atoms with Gasteiger partial charge in [0.2, 0.25) is 0 Å². The van der Waals surface area contributed by atoms with Crippen LogP contribution >= 0.6 is 0 Å². The molecule has 11 nitrogen and oxygen atoms in total. The molecule has 0 spiro atoms. The van der Waals surface area contributed by atoms with Crippen molar-refractivity contribution in [1.82, 2.24) is 14.9 Å². The number of non-ortho nitro benzene ring substituents is 1. The first-order chi connectivity index (χ1) is 16.5. The summed E-state index contributed by atoms with van der Waals surface area (Å²) in [6, 6.07) is 5.32. The molecule has 0 bridgehead atoms. The predicted octanol–water partition coefficient (Wildman–Crippen LogP) is 3.85. The highest BCUT2D eigenvalue weighted by Crippen LogP contribution is 2.45. The highest BCUT2D eigenvalue weighted by Gasteiger charge is 2.37. The van der Waals surface area contributed by atoms with Gasteiger partial charge in [0.25, 0.3) is 5.69 Å². The number of amides is 1. The van der Waals surface area contributed by atoms with Crippen molar-refractivity contribution < 1.29 is 24.0 Å². The van der Waals surface area contributed by atoms with Crippen LogP contribution in [0.3, 0.4) is 0 Å². The number of anilines is 1. The maximum Gasteiger partial charge on any atom is 0.410 e. The predicted molar refractivity (Wildman–Crippen MR) is 126 cm³/mol. The second-order valence-electron chi connectivity index (χ2n) is 9.79. The Morgan fingerprint density at radius 2 is 1.74 bits per heavy atom. The SMILES string of the molecule is CC1C[C@@H](OC(=O)c2ccc([N+](=O)[O-])cc2)c2ncnc(N3CCN(C(=O)OC(C)(C)C)CC3)c21. The van der Waals surface area contributed by atoms with Gasteiger partial charge in [-0.1, -0.05) is 6.92 Å². The summed E-state index contributed by atoms with van der Waals surface area (Å²) in [7, 11) is 0. The fraction of sp³-hybridized carbons (Fsp3) is 0.500. The van der Waals surface area contributed by atoms with Gasteiger partial charge in [-0.05, 0) is 45.2 Å². The fourth-order valence-corrected chi connectivity index (χ4v) is 4.38. The number of nitrogens with zero attached hydrogens (tertiary/aromatic N) is 5. The molecule has 1 fully saturated rings. The number of hydrogen-bond acceptors (Lipinski definition) is 9. The summed E-state index contributed by atoms with van der Waals surface area (Å²) < 4.78 is 11.2. The van der Waals surface area contributed by atoms with Gasteiger partial charge in [-0.25, -0.2) is 19.6 Å². The summed E-state index contributed by atoms with van der Waals surface area (Å²) in [5, 5.41) is 10.8. The Morgan fingerprint density at radius 3 is 2.34 bits per heavy atom. The van der Waals surface area contributed by atoms with Crippen molar-refractivity contribution in [3.05, 3.63) is 57.5 Å². The molecule has 1 aromatic carbocycles. The topological polar surface area (TPSA) is 128 Å². The van der Waals surface area contributed by atoms with E-state index < -0.39 is 22.6 Å². The molecule has 2 heterocycles. The third kappa shape index (κ3) is 5.33. The molecule has 35 heavy (non-hydrogen) atoms. The minimum Gasteiger partial charge on any atom is -0.452 e. The molecule has 0 N–H and O–H groups in total. The average Bonchev–Trinajstić information content (AvgIpc) is 3.13. The van der Waals surface area contributed by atoms with E-state index in [0.29, 0.717) is 38.3 Å². The standard InChI is InChI=1S/C24H29N5O6/c1-15-13-18(34-22(30)16-5-7-17(8-6-16)29(32)33)20-19(15)21(26-14-25-20)27-9-11-28(12-10-27)23(31)35-24(2,3)4/h5-8,14-15,18H,9-13H2,1-4H3/t15?,18-/m1/s1. The largest absolute Gasteiger partial charge is 0.452 e. The van der Waals surface area contributed by atoms with Crippen molar-refractivity contribution in [2.45, 2.75) is 51.7 Å². The van der Waals surface area contributed by atoms with Gasteiger partial charge in [-0.3, -0.25) is 10.1 Å². The number of nitro groups is 1. The van der Waals surface area contributed by atoms with Gasteiger partial charge in [0, 0.05) is 43.9 Å². The van der Waals surface area contributed by atoms with Gasteiger partial charge >= 0.3 is 12.1 Å². The normalized spacial score (nSPS) is 19.8. The van der Waals surface area contributed by atoms with E-state index in [-0.39, 0.29) is 23.3 Å². The Morgan fingerprint density at radius 1 is 1.09 bits per heavy atom. The molecule has 11 heteroatoms. The lowest BCUT2D eigenvalue weighted by molar-refractivity contribution is -0.384. The molecule has 0 radical (unpaired) electrons. The molecule has 186 valence electrons. The minimum absolute atomic E-state index is 0.0692. The van der Waals surface area contributed by atoms with Crippen LogP contribution in [0.5, 0.6) is 0 Å². The molecule has 1 saturated heterocycles. The van der Waals surface area contributed by atoms with Gasteiger partial charge in [-0.2, -0.15) is 0 Å². The van der Waals surface area contributed by atoms with Gasteiger partial charge in [0.05, 0.1) is 16.2 Å². The monoisotopic (exact) mass is 483 g/mol. The van der Waals surface area contributed by atoms with Crippen molar-refractivity contribution in [2.24, 2.45) is 0 Å². The molecule has 2 aliphatic rings. The molecule has 1 unspecified atom stereocenters. The lowest BCUT2D eigenvalue weighted by Crippen LogP contribution is -2.50. The fourth-order valence-electron chi connectivity index (χ4n) is 4.38. The molecule has 1 amide bonds. The first-order valence-electron chi connectivity index (χ1n) is 11.6. The van der Waals surface area contributed by atoms with Crippen LogP contribution in [-0.2, 0) is 9.47 Å². The summed E-state index contributed by atoms with van der Waals surface area (Å²) in [6.45, 7) is 9.81. The highest BCUT2D eigenvalue weighted by molar-refractivity contribution is 5.89. The Balaban J connectivity index is 1.45. The van der Waals surface area contributed by atoms with E-state index >= 15 is 0 Å². The van der Waals surface area contributed by atoms with Gasteiger partial charge in [0.1, 0.15) is 23.9 Å². The smallest absolute Gasteiger partial charge is 0.410 e. The zero-order chi connectivity index (χ0) is 25.3. The van der Waals surface area contributed by atoms with E-state index in [4.69, 9.17) is 9.47 Å². The number of aromatic nitrogens is 2. The number of esters is 1. The highest BCUT2D eigenvalue weighted by atomic mass is 16.6. The Kier molecular flexibility index (Phi) is 6.60. The number of benzene rings is 1. The third-order valence-electron chi connectivity index (χ3n) is 6.05. The summed E-state index contributed by atoms with van der Waals surface area (Å²) >= 11 is 0. The molecule has 2 aromatic rings. The summed E-state index contributed by atoms with van der Waals surface area (Å²) in [4.78, 5) is 48.2. The van der Waals surface area contributed by atoms with Crippen molar-refractivity contribution in [1.29, 1.82) is 0 Å². The number of carbonyl (C=O) groups excluding carboxylic acids is 2. The molecule has 4 rings (SSSR count). The minimum atomic E-state index is -0.559. The van der Waals surface area contributed by atoms with Gasteiger partial charge in [-0.15, -0.1) is 0 Å². The number of rotatable bonds is 4. The summed E-state index contributed by atoms with van der Waals surface area (Å²) in [5.74, 6) is 0.302. The zero-order valence-electron chi connectivity index (χ0n) is 20.3. The molecule has 1 aliphatic heterocycles. The summed E-state index contributed by atoms with van der Waals surface area (Å²) in [5.41, 5.74) is 1.22. The van der Waals surface area contributed by atoms with E-state index in [1.165, 1.54) is 30.6 Å². The van der Waals surface area contributed by atoms with Gasteiger partial charge < -0.3 is 19.3 Å². The van der Waals surface area contributed by atoms with Crippen LogP contribution in [0.15, 0.2) is 30.6 Å².